The summed E-state index contributed by atoms with van der Waals surface area (Å²) in [4.78, 5) is 0. The van der Waals surface area contributed by atoms with Crippen LogP contribution in [0.1, 0.15) is 5.69 Å². The standard InChI is InChI=1S/C11H13BrN2O/c1-14-7-3-2-4-9(15)10(7)11(12)8(14)5-6-13/h2-4,15H,5-6,13H2,1H3. The summed E-state index contributed by atoms with van der Waals surface area (Å²) in [5, 5.41) is 10.6. The summed E-state index contributed by atoms with van der Waals surface area (Å²) < 4.78 is 3.01. The minimum atomic E-state index is 0.304. The molecule has 1 aromatic carbocycles. The third-order valence-electron chi connectivity index (χ3n) is 2.64. The van der Waals surface area contributed by atoms with E-state index in [9.17, 15) is 5.11 Å². The third-order valence-corrected chi connectivity index (χ3v) is 3.49. The van der Waals surface area contributed by atoms with Gasteiger partial charge in [0, 0.05) is 19.2 Å². The molecule has 15 heavy (non-hydrogen) atoms. The van der Waals surface area contributed by atoms with Crippen LogP contribution in [0, 0.1) is 0 Å². The molecule has 0 radical (unpaired) electrons. The Labute approximate surface area is 96.6 Å². The predicted octanol–water partition coefficient (Wildman–Crippen LogP) is 2.15. The molecule has 0 amide bonds. The molecule has 0 unspecified atom stereocenters. The van der Waals surface area contributed by atoms with Crippen LogP contribution < -0.4 is 5.73 Å². The molecular formula is C11H13BrN2O. The van der Waals surface area contributed by atoms with Crippen molar-refractivity contribution in [3.63, 3.8) is 0 Å². The van der Waals surface area contributed by atoms with Crippen molar-refractivity contribution in [2.45, 2.75) is 6.42 Å². The van der Waals surface area contributed by atoms with Crippen LogP contribution in [0.4, 0.5) is 0 Å². The summed E-state index contributed by atoms with van der Waals surface area (Å²) in [7, 11) is 1.98. The van der Waals surface area contributed by atoms with Gasteiger partial charge in [-0.3, -0.25) is 0 Å². The van der Waals surface area contributed by atoms with Gasteiger partial charge in [-0.1, -0.05) is 6.07 Å². The Hall–Kier alpha value is -1.00. The van der Waals surface area contributed by atoms with Crippen molar-refractivity contribution in [3.05, 3.63) is 28.4 Å². The fourth-order valence-electron chi connectivity index (χ4n) is 1.88. The largest absolute Gasteiger partial charge is 0.507 e. The maximum atomic E-state index is 9.78. The lowest BCUT2D eigenvalue weighted by atomic mass is 10.2. The SMILES string of the molecule is Cn1c(CCN)c(Br)c2c(O)cccc21. The van der Waals surface area contributed by atoms with Gasteiger partial charge >= 0.3 is 0 Å². The molecule has 0 saturated carbocycles. The Morgan fingerprint density at radius 1 is 1.47 bits per heavy atom. The Kier molecular flexibility index (Phi) is 2.71. The average molecular weight is 269 g/mol. The fraction of sp³-hybridized carbons (Fsp3) is 0.273. The molecule has 1 heterocycles. The van der Waals surface area contributed by atoms with Crippen molar-refractivity contribution in [1.29, 1.82) is 0 Å². The van der Waals surface area contributed by atoms with Gasteiger partial charge in [0.15, 0.2) is 0 Å². The molecule has 0 aliphatic heterocycles. The second-order valence-electron chi connectivity index (χ2n) is 3.53. The molecule has 2 aromatic rings. The second-order valence-corrected chi connectivity index (χ2v) is 4.32. The van der Waals surface area contributed by atoms with E-state index in [1.54, 1.807) is 6.07 Å². The summed E-state index contributed by atoms with van der Waals surface area (Å²) >= 11 is 3.52. The average Bonchev–Trinajstić information content (AvgIpc) is 2.45. The highest BCUT2D eigenvalue weighted by molar-refractivity contribution is 9.10. The first kappa shape index (κ1) is 10.5. The molecule has 0 bridgehead atoms. The second kappa shape index (κ2) is 3.87. The molecule has 4 heteroatoms. The highest BCUT2D eigenvalue weighted by Gasteiger charge is 2.14. The van der Waals surface area contributed by atoms with Gasteiger partial charge in [-0.05, 0) is 34.6 Å². The van der Waals surface area contributed by atoms with Gasteiger partial charge in [0.1, 0.15) is 5.75 Å². The van der Waals surface area contributed by atoms with Crippen LogP contribution in [-0.4, -0.2) is 16.2 Å². The summed E-state index contributed by atoms with van der Waals surface area (Å²) in [6.45, 7) is 0.601. The summed E-state index contributed by atoms with van der Waals surface area (Å²) in [6, 6.07) is 5.52. The van der Waals surface area contributed by atoms with E-state index in [2.05, 4.69) is 20.5 Å². The van der Waals surface area contributed by atoms with Crippen molar-refractivity contribution >= 4 is 26.8 Å². The number of benzene rings is 1. The minimum absolute atomic E-state index is 0.304. The topological polar surface area (TPSA) is 51.2 Å². The zero-order valence-electron chi connectivity index (χ0n) is 8.50. The first-order valence-corrected chi connectivity index (χ1v) is 5.61. The fourth-order valence-corrected chi connectivity index (χ4v) is 2.75. The number of phenols is 1. The number of nitrogens with zero attached hydrogens (tertiary/aromatic N) is 1. The van der Waals surface area contributed by atoms with Gasteiger partial charge in [0.2, 0.25) is 0 Å². The van der Waals surface area contributed by atoms with Crippen LogP contribution in [0.2, 0.25) is 0 Å². The Morgan fingerprint density at radius 2 is 2.20 bits per heavy atom. The Balaban J connectivity index is 2.79. The van der Waals surface area contributed by atoms with Crippen molar-refractivity contribution in [2.75, 3.05) is 6.54 Å². The van der Waals surface area contributed by atoms with Crippen LogP contribution in [-0.2, 0) is 13.5 Å². The minimum Gasteiger partial charge on any atom is -0.507 e. The van der Waals surface area contributed by atoms with E-state index in [4.69, 9.17) is 5.73 Å². The summed E-state index contributed by atoms with van der Waals surface area (Å²) in [5.74, 6) is 0.304. The van der Waals surface area contributed by atoms with Crippen molar-refractivity contribution in [2.24, 2.45) is 12.8 Å². The monoisotopic (exact) mass is 268 g/mol. The van der Waals surface area contributed by atoms with Crippen molar-refractivity contribution in [3.8, 4) is 5.75 Å². The number of aryl methyl sites for hydroxylation is 1. The summed E-state index contributed by atoms with van der Waals surface area (Å²) in [6.07, 6.45) is 0.797. The smallest absolute Gasteiger partial charge is 0.126 e. The first-order valence-electron chi connectivity index (χ1n) is 4.81. The van der Waals surface area contributed by atoms with E-state index in [1.807, 2.05) is 19.2 Å². The van der Waals surface area contributed by atoms with Gasteiger partial charge in [-0.25, -0.2) is 0 Å². The molecule has 3 nitrogen and oxygen atoms in total. The summed E-state index contributed by atoms with van der Waals surface area (Å²) in [5.41, 5.74) is 7.70. The molecule has 0 fully saturated rings. The van der Waals surface area contributed by atoms with Crippen molar-refractivity contribution in [1.82, 2.24) is 4.57 Å². The number of hydrogen-bond donors (Lipinski definition) is 2. The first-order chi connectivity index (χ1) is 7.16. The zero-order valence-corrected chi connectivity index (χ0v) is 10.1. The Bertz CT molecular complexity index is 505. The molecule has 3 N–H and O–H groups in total. The normalized spacial score (nSPS) is 11.1. The van der Waals surface area contributed by atoms with Gasteiger partial charge in [-0.15, -0.1) is 0 Å². The van der Waals surface area contributed by atoms with Gasteiger partial charge in [0.25, 0.3) is 0 Å². The van der Waals surface area contributed by atoms with E-state index in [0.29, 0.717) is 12.3 Å². The molecule has 2 rings (SSSR count). The van der Waals surface area contributed by atoms with E-state index < -0.39 is 0 Å². The zero-order chi connectivity index (χ0) is 11.0. The van der Waals surface area contributed by atoms with Gasteiger partial charge in [-0.2, -0.15) is 0 Å². The molecular weight excluding hydrogens is 256 g/mol. The van der Waals surface area contributed by atoms with Crippen LogP contribution in [0.3, 0.4) is 0 Å². The van der Waals surface area contributed by atoms with Crippen LogP contribution in [0.5, 0.6) is 5.75 Å². The number of phenolic OH excluding ortho intramolecular Hbond substituents is 1. The molecule has 0 saturated heterocycles. The molecule has 0 atom stereocenters. The lowest BCUT2D eigenvalue weighted by Crippen LogP contribution is -2.06. The van der Waals surface area contributed by atoms with Crippen LogP contribution in [0.15, 0.2) is 22.7 Å². The number of fused-ring (bicyclic) bond motifs is 1. The third kappa shape index (κ3) is 1.54. The molecule has 0 spiro atoms. The molecule has 0 aliphatic rings. The maximum absolute atomic E-state index is 9.78. The number of nitrogens with two attached hydrogens (primary N) is 1. The van der Waals surface area contributed by atoms with E-state index in [1.165, 1.54) is 0 Å². The molecule has 80 valence electrons. The lowest BCUT2D eigenvalue weighted by Gasteiger charge is -2.02. The lowest BCUT2D eigenvalue weighted by molar-refractivity contribution is 0.481. The van der Waals surface area contributed by atoms with E-state index >= 15 is 0 Å². The highest BCUT2D eigenvalue weighted by atomic mass is 79.9. The number of aromatic nitrogens is 1. The van der Waals surface area contributed by atoms with Crippen molar-refractivity contribution < 1.29 is 5.11 Å². The number of hydrogen-bond acceptors (Lipinski definition) is 2. The predicted molar refractivity (Wildman–Crippen MR) is 65.0 cm³/mol. The Morgan fingerprint density at radius 3 is 2.80 bits per heavy atom. The molecule has 1 aromatic heterocycles. The quantitative estimate of drug-likeness (QED) is 0.877. The van der Waals surface area contributed by atoms with Crippen LogP contribution in [0.25, 0.3) is 10.9 Å². The van der Waals surface area contributed by atoms with Gasteiger partial charge < -0.3 is 15.4 Å². The van der Waals surface area contributed by atoms with Crippen LogP contribution >= 0.6 is 15.9 Å². The maximum Gasteiger partial charge on any atom is 0.126 e. The number of rotatable bonds is 2. The highest BCUT2D eigenvalue weighted by Crippen LogP contribution is 2.36. The number of aromatic hydroxyl groups is 1. The molecule has 0 aliphatic carbocycles. The van der Waals surface area contributed by atoms with E-state index in [-0.39, 0.29) is 0 Å². The number of halogens is 1. The van der Waals surface area contributed by atoms with Gasteiger partial charge in [0.05, 0.1) is 15.4 Å². The van der Waals surface area contributed by atoms with E-state index in [0.717, 1.165) is 27.5 Å².